The molecule has 0 spiro atoms. The van der Waals surface area contributed by atoms with Crippen LogP contribution in [0.25, 0.3) is 0 Å². The van der Waals surface area contributed by atoms with Crippen molar-refractivity contribution < 1.29 is 13.2 Å². The normalized spacial score (nSPS) is 15.2. The van der Waals surface area contributed by atoms with Gasteiger partial charge in [-0.25, -0.2) is 0 Å². The lowest BCUT2D eigenvalue weighted by atomic mass is 10.0. The molecule has 1 aromatic carbocycles. The number of benzene rings is 1. The Bertz CT molecular complexity index is 392. The van der Waals surface area contributed by atoms with Crippen LogP contribution in [-0.2, 0) is 0 Å². The van der Waals surface area contributed by atoms with E-state index in [2.05, 4.69) is 24.1 Å². The van der Waals surface area contributed by atoms with E-state index in [4.69, 9.17) is 0 Å². The fourth-order valence-corrected chi connectivity index (χ4v) is 2.17. The minimum Gasteiger partial charge on any atom is -0.308 e. The molecule has 2 unspecified atom stereocenters. The maximum Gasteiger partial charge on any atom is 0.390 e. The molecule has 0 bridgehead atoms. The SMILES string of the molecule is CCC(C)N(C)CCNC(CC(F)(F)F)c1ccccc1. The van der Waals surface area contributed by atoms with Crippen LogP contribution in [0, 0.1) is 0 Å². The minimum atomic E-state index is -4.17. The highest BCUT2D eigenvalue weighted by Crippen LogP contribution is 2.29. The molecule has 0 saturated carbocycles. The van der Waals surface area contributed by atoms with E-state index in [1.807, 2.05) is 13.1 Å². The van der Waals surface area contributed by atoms with Crippen molar-refractivity contribution in [1.82, 2.24) is 10.2 Å². The molecule has 0 saturated heterocycles. The van der Waals surface area contributed by atoms with E-state index in [-0.39, 0.29) is 0 Å². The lowest BCUT2D eigenvalue weighted by molar-refractivity contribution is -0.140. The molecule has 0 aromatic heterocycles. The molecule has 1 rings (SSSR count). The quantitative estimate of drug-likeness (QED) is 0.781. The predicted molar refractivity (Wildman–Crippen MR) is 80.2 cm³/mol. The first-order valence-corrected chi connectivity index (χ1v) is 7.38. The molecule has 0 aliphatic heterocycles. The zero-order valence-electron chi connectivity index (χ0n) is 13.0. The summed E-state index contributed by atoms with van der Waals surface area (Å²) in [5, 5.41) is 3.04. The first-order valence-electron chi connectivity index (χ1n) is 7.38. The van der Waals surface area contributed by atoms with Crippen molar-refractivity contribution in [2.24, 2.45) is 0 Å². The first-order chi connectivity index (χ1) is 9.83. The van der Waals surface area contributed by atoms with Gasteiger partial charge in [-0.15, -0.1) is 0 Å². The first kappa shape index (κ1) is 18.0. The average Bonchev–Trinajstić information content (AvgIpc) is 2.44. The second kappa shape index (κ2) is 8.39. The smallest absolute Gasteiger partial charge is 0.308 e. The van der Waals surface area contributed by atoms with E-state index in [9.17, 15) is 13.2 Å². The molecule has 5 heteroatoms. The minimum absolute atomic E-state index is 0.435. The third kappa shape index (κ3) is 6.96. The standard InChI is InChI=1S/C16H25F3N2/c1-4-13(2)21(3)11-10-20-15(12-16(17,18)19)14-8-6-5-7-9-14/h5-9,13,15,20H,4,10-12H2,1-3H3. The van der Waals surface area contributed by atoms with Crippen molar-refractivity contribution in [3.05, 3.63) is 35.9 Å². The van der Waals surface area contributed by atoms with Crippen LogP contribution in [0.3, 0.4) is 0 Å². The van der Waals surface area contributed by atoms with Crippen LogP contribution in [0.5, 0.6) is 0 Å². The van der Waals surface area contributed by atoms with Gasteiger partial charge in [-0.05, 0) is 26.0 Å². The van der Waals surface area contributed by atoms with Crippen molar-refractivity contribution in [3.63, 3.8) is 0 Å². The van der Waals surface area contributed by atoms with Gasteiger partial charge in [-0.3, -0.25) is 0 Å². The van der Waals surface area contributed by atoms with E-state index >= 15 is 0 Å². The second-order valence-corrected chi connectivity index (χ2v) is 5.47. The number of likely N-dealkylation sites (N-methyl/N-ethyl adjacent to an activating group) is 1. The third-order valence-electron chi connectivity index (χ3n) is 3.84. The Labute approximate surface area is 125 Å². The molecular weight excluding hydrogens is 277 g/mol. The van der Waals surface area contributed by atoms with Gasteiger partial charge in [0.05, 0.1) is 6.42 Å². The number of rotatable bonds is 8. The Hall–Kier alpha value is -1.07. The summed E-state index contributed by atoms with van der Waals surface area (Å²) in [5.41, 5.74) is 0.681. The molecule has 0 aliphatic rings. The molecule has 0 amide bonds. The topological polar surface area (TPSA) is 15.3 Å². The zero-order chi connectivity index (χ0) is 15.9. The second-order valence-electron chi connectivity index (χ2n) is 5.47. The molecular formula is C16H25F3N2. The monoisotopic (exact) mass is 302 g/mol. The highest BCUT2D eigenvalue weighted by atomic mass is 19.4. The highest BCUT2D eigenvalue weighted by molar-refractivity contribution is 5.19. The Kier molecular flexibility index (Phi) is 7.18. The van der Waals surface area contributed by atoms with Crippen molar-refractivity contribution in [2.45, 2.75) is 44.9 Å². The molecule has 1 aromatic rings. The summed E-state index contributed by atoms with van der Waals surface area (Å²) in [7, 11) is 2.00. The molecule has 21 heavy (non-hydrogen) atoms. The van der Waals surface area contributed by atoms with Gasteiger partial charge in [0.1, 0.15) is 0 Å². The van der Waals surface area contributed by atoms with Crippen molar-refractivity contribution in [3.8, 4) is 0 Å². The summed E-state index contributed by atoms with van der Waals surface area (Å²) >= 11 is 0. The average molecular weight is 302 g/mol. The van der Waals surface area contributed by atoms with Gasteiger partial charge in [0.25, 0.3) is 0 Å². The summed E-state index contributed by atoms with van der Waals surface area (Å²) in [6.45, 7) is 5.49. The van der Waals surface area contributed by atoms with Gasteiger partial charge in [-0.1, -0.05) is 37.3 Å². The van der Waals surface area contributed by atoms with Crippen molar-refractivity contribution in [1.29, 1.82) is 0 Å². The van der Waals surface area contributed by atoms with Gasteiger partial charge in [0, 0.05) is 25.2 Å². The lowest BCUT2D eigenvalue weighted by Crippen LogP contribution is -2.37. The van der Waals surface area contributed by atoms with E-state index in [0.717, 1.165) is 13.0 Å². The van der Waals surface area contributed by atoms with Crippen molar-refractivity contribution >= 4 is 0 Å². The largest absolute Gasteiger partial charge is 0.390 e. The van der Waals surface area contributed by atoms with Gasteiger partial charge in [0.2, 0.25) is 0 Å². The van der Waals surface area contributed by atoms with Crippen LogP contribution < -0.4 is 5.32 Å². The lowest BCUT2D eigenvalue weighted by Gasteiger charge is -2.26. The number of hydrogen-bond acceptors (Lipinski definition) is 2. The van der Waals surface area contributed by atoms with Gasteiger partial charge in [-0.2, -0.15) is 13.2 Å². The summed E-state index contributed by atoms with van der Waals surface area (Å²) in [6, 6.07) is 8.58. The molecule has 0 heterocycles. The Morgan fingerprint density at radius 2 is 1.81 bits per heavy atom. The van der Waals surface area contributed by atoms with Crippen LogP contribution in [0.2, 0.25) is 0 Å². The van der Waals surface area contributed by atoms with E-state index in [0.29, 0.717) is 18.2 Å². The fraction of sp³-hybridized carbons (Fsp3) is 0.625. The maximum absolute atomic E-state index is 12.7. The summed E-state index contributed by atoms with van der Waals surface area (Å²) < 4.78 is 38.1. The number of hydrogen-bond donors (Lipinski definition) is 1. The molecule has 120 valence electrons. The van der Waals surface area contributed by atoms with E-state index in [1.54, 1.807) is 24.3 Å². The van der Waals surface area contributed by atoms with Crippen LogP contribution in [0.1, 0.15) is 38.3 Å². The number of nitrogens with zero attached hydrogens (tertiary/aromatic N) is 1. The molecule has 0 radical (unpaired) electrons. The number of nitrogens with one attached hydrogen (secondary N) is 1. The Balaban J connectivity index is 2.58. The Morgan fingerprint density at radius 3 is 2.33 bits per heavy atom. The summed E-state index contributed by atoms with van der Waals surface area (Å²) in [6.07, 6.45) is -3.98. The van der Waals surface area contributed by atoms with Crippen LogP contribution in [0.15, 0.2) is 30.3 Å². The van der Waals surface area contributed by atoms with Crippen LogP contribution in [0.4, 0.5) is 13.2 Å². The summed E-state index contributed by atoms with van der Waals surface area (Å²) in [5.74, 6) is 0. The van der Waals surface area contributed by atoms with E-state index < -0.39 is 18.6 Å². The molecule has 1 N–H and O–H groups in total. The zero-order valence-corrected chi connectivity index (χ0v) is 13.0. The van der Waals surface area contributed by atoms with Crippen LogP contribution in [-0.4, -0.2) is 37.3 Å². The van der Waals surface area contributed by atoms with Gasteiger partial charge < -0.3 is 10.2 Å². The predicted octanol–water partition coefficient (Wildman–Crippen LogP) is 4.00. The highest BCUT2D eigenvalue weighted by Gasteiger charge is 2.32. The number of halogens is 3. The van der Waals surface area contributed by atoms with Crippen LogP contribution >= 0.6 is 0 Å². The number of alkyl halides is 3. The van der Waals surface area contributed by atoms with Gasteiger partial charge >= 0.3 is 6.18 Å². The summed E-state index contributed by atoms with van der Waals surface area (Å²) in [4.78, 5) is 2.16. The fourth-order valence-electron chi connectivity index (χ4n) is 2.17. The van der Waals surface area contributed by atoms with E-state index in [1.165, 1.54) is 0 Å². The van der Waals surface area contributed by atoms with Crippen molar-refractivity contribution in [2.75, 3.05) is 20.1 Å². The van der Waals surface area contributed by atoms with Gasteiger partial charge in [0.15, 0.2) is 0 Å². The molecule has 2 nitrogen and oxygen atoms in total. The third-order valence-corrected chi connectivity index (χ3v) is 3.84. The Morgan fingerprint density at radius 1 is 1.19 bits per heavy atom. The molecule has 0 fully saturated rings. The maximum atomic E-state index is 12.7. The molecule has 2 atom stereocenters. The molecule has 0 aliphatic carbocycles.